The Labute approximate surface area is 131 Å². The van der Waals surface area contributed by atoms with Gasteiger partial charge in [0.05, 0.1) is 5.75 Å². The van der Waals surface area contributed by atoms with Gasteiger partial charge in [-0.05, 0) is 18.2 Å². The van der Waals surface area contributed by atoms with Crippen LogP contribution in [0.25, 0.3) is 0 Å². The number of benzene rings is 1. The Hall–Kier alpha value is -0.850. The predicted molar refractivity (Wildman–Crippen MR) is 87.2 cm³/mol. The van der Waals surface area contributed by atoms with E-state index in [4.69, 9.17) is 0 Å². The van der Waals surface area contributed by atoms with Gasteiger partial charge in [-0.25, -0.2) is 0 Å². The van der Waals surface area contributed by atoms with Gasteiger partial charge in [0.2, 0.25) is 0 Å². The lowest BCUT2D eigenvalue weighted by Gasteiger charge is -2.02. The molecule has 1 aromatic carbocycles. The van der Waals surface area contributed by atoms with Crippen LogP contribution >= 0.6 is 34.9 Å². The molecule has 0 aliphatic rings. The van der Waals surface area contributed by atoms with Crippen molar-refractivity contribution in [3.05, 3.63) is 35.4 Å². The maximum Gasteiger partial charge on any atom is 0.175 e. The van der Waals surface area contributed by atoms with Crippen LogP contribution in [-0.2, 0) is 6.42 Å². The summed E-state index contributed by atoms with van der Waals surface area (Å²) in [7, 11) is 0. The fraction of sp³-hybridized carbons (Fsp3) is 0.357. The van der Waals surface area contributed by atoms with Gasteiger partial charge >= 0.3 is 0 Å². The second kappa shape index (κ2) is 7.81. The van der Waals surface area contributed by atoms with Crippen LogP contribution in [0.1, 0.15) is 29.3 Å². The smallest absolute Gasteiger partial charge is 0.175 e. The Morgan fingerprint density at radius 1 is 1.20 bits per heavy atom. The Kier molecular flexibility index (Phi) is 6.06. The van der Waals surface area contributed by atoms with Crippen molar-refractivity contribution in [2.24, 2.45) is 0 Å². The van der Waals surface area contributed by atoms with Crippen LogP contribution in [0.3, 0.4) is 0 Å². The summed E-state index contributed by atoms with van der Waals surface area (Å²) in [4.78, 5) is 12.1. The quantitative estimate of drug-likeness (QED) is 0.564. The number of hydrogen-bond donors (Lipinski definition) is 0. The van der Waals surface area contributed by atoms with Crippen LogP contribution in [0.5, 0.6) is 0 Å². The zero-order valence-electron chi connectivity index (χ0n) is 11.5. The molecule has 3 nitrogen and oxygen atoms in total. The van der Waals surface area contributed by atoms with Crippen LogP contribution in [0.15, 0.2) is 32.9 Å². The molecule has 20 heavy (non-hydrogen) atoms. The highest BCUT2D eigenvalue weighted by atomic mass is 32.2. The summed E-state index contributed by atoms with van der Waals surface area (Å²) in [5.41, 5.74) is 2.05. The molecule has 0 bridgehead atoms. The molecule has 0 aliphatic heterocycles. The third-order valence-electron chi connectivity index (χ3n) is 2.70. The number of aryl methyl sites for hydroxylation is 1. The van der Waals surface area contributed by atoms with E-state index in [1.807, 2.05) is 30.5 Å². The minimum Gasteiger partial charge on any atom is -0.293 e. The second-order valence-corrected chi connectivity index (χ2v) is 7.45. The van der Waals surface area contributed by atoms with E-state index in [2.05, 4.69) is 17.1 Å². The summed E-state index contributed by atoms with van der Waals surface area (Å²) >= 11 is 4.56. The molecular weight excluding hydrogens is 308 g/mol. The Morgan fingerprint density at radius 3 is 2.50 bits per heavy atom. The third kappa shape index (κ3) is 4.33. The molecule has 0 spiro atoms. The first-order valence-electron chi connectivity index (χ1n) is 6.35. The van der Waals surface area contributed by atoms with E-state index >= 15 is 0 Å². The first-order chi connectivity index (χ1) is 9.72. The standard InChI is InChI=1S/C14H16N2OS3/c1-3-4-10-5-7-11(8-6-10)12(17)9-19-14-16-15-13(18-2)20-14/h5-8H,3-4,9H2,1-2H3. The van der Waals surface area contributed by atoms with E-state index in [-0.39, 0.29) is 5.78 Å². The van der Waals surface area contributed by atoms with Crippen LogP contribution in [-0.4, -0.2) is 28.0 Å². The number of hydrogen-bond acceptors (Lipinski definition) is 6. The van der Waals surface area contributed by atoms with Crippen molar-refractivity contribution in [3.8, 4) is 0 Å². The first-order valence-corrected chi connectivity index (χ1v) is 9.38. The summed E-state index contributed by atoms with van der Waals surface area (Å²) in [5.74, 6) is 0.551. The van der Waals surface area contributed by atoms with Gasteiger partial charge in [-0.3, -0.25) is 4.79 Å². The summed E-state index contributed by atoms with van der Waals surface area (Å²) in [5, 5.41) is 8.07. The minimum absolute atomic E-state index is 0.138. The highest BCUT2D eigenvalue weighted by molar-refractivity contribution is 8.03. The molecule has 0 atom stereocenters. The average Bonchev–Trinajstić information content (AvgIpc) is 2.94. The molecule has 2 aromatic rings. The number of nitrogens with zero attached hydrogens (tertiary/aromatic N) is 2. The lowest BCUT2D eigenvalue weighted by atomic mass is 10.1. The fourth-order valence-electron chi connectivity index (χ4n) is 1.69. The molecule has 0 saturated carbocycles. The van der Waals surface area contributed by atoms with Crippen LogP contribution in [0, 0.1) is 0 Å². The number of carbonyl (C=O) groups is 1. The molecule has 0 aliphatic carbocycles. The van der Waals surface area contributed by atoms with Gasteiger partial charge in [0, 0.05) is 5.56 Å². The molecule has 1 heterocycles. The molecule has 106 valence electrons. The third-order valence-corrected chi connectivity index (χ3v) is 5.74. The maximum atomic E-state index is 12.1. The number of carbonyl (C=O) groups excluding carboxylic acids is 1. The largest absolute Gasteiger partial charge is 0.293 e. The molecule has 6 heteroatoms. The topological polar surface area (TPSA) is 42.9 Å². The average molecular weight is 324 g/mol. The van der Waals surface area contributed by atoms with Crippen LogP contribution < -0.4 is 0 Å². The molecule has 0 N–H and O–H groups in total. The SMILES string of the molecule is CCCc1ccc(C(=O)CSc2nnc(SC)s2)cc1. The minimum atomic E-state index is 0.138. The number of aromatic nitrogens is 2. The van der Waals surface area contributed by atoms with Crippen molar-refractivity contribution >= 4 is 40.6 Å². The van der Waals surface area contributed by atoms with Gasteiger partial charge in [-0.15, -0.1) is 10.2 Å². The zero-order chi connectivity index (χ0) is 14.4. The van der Waals surface area contributed by atoms with E-state index < -0.39 is 0 Å². The number of Topliss-reactive ketones (excluding diaryl/α,β-unsaturated/α-hetero) is 1. The molecule has 0 radical (unpaired) electrons. The van der Waals surface area contributed by atoms with Crippen molar-refractivity contribution in [1.82, 2.24) is 10.2 Å². The summed E-state index contributed by atoms with van der Waals surface area (Å²) in [6.07, 6.45) is 4.15. The van der Waals surface area contributed by atoms with Gasteiger partial charge in [0.1, 0.15) is 0 Å². The Morgan fingerprint density at radius 2 is 1.90 bits per heavy atom. The normalized spacial score (nSPS) is 10.7. The van der Waals surface area contributed by atoms with Gasteiger partial charge in [-0.1, -0.05) is 72.5 Å². The van der Waals surface area contributed by atoms with Gasteiger partial charge < -0.3 is 0 Å². The van der Waals surface area contributed by atoms with Crippen molar-refractivity contribution in [2.45, 2.75) is 28.4 Å². The number of rotatable bonds is 7. The van der Waals surface area contributed by atoms with Gasteiger partial charge in [0.15, 0.2) is 14.5 Å². The molecule has 1 aromatic heterocycles. The van der Waals surface area contributed by atoms with E-state index in [0.29, 0.717) is 5.75 Å². The van der Waals surface area contributed by atoms with Crippen LogP contribution in [0.2, 0.25) is 0 Å². The monoisotopic (exact) mass is 324 g/mol. The Balaban J connectivity index is 1.90. The lowest BCUT2D eigenvalue weighted by molar-refractivity contribution is 0.102. The van der Waals surface area contributed by atoms with E-state index in [0.717, 1.165) is 27.1 Å². The predicted octanol–water partition coefficient (Wildman–Crippen LogP) is 4.19. The maximum absolute atomic E-state index is 12.1. The van der Waals surface area contributed by atoms with Crippen LogP contribution in [0.4, 0.5) is 0 Å². The first kappa shape index (κ1) is 15.5. The summed E-state index contributed by atoms with van der Waals surface area (Å²) in [6.45, 7) is 2.15. The lowest BCUT2D eigenvalue weighted by Crippen LogP contribution is -2.02. The van der Waals surface area contributed by atoms with Crippen molar-refractivity contribution in [1.29, 1.82) is 0 Å². The van der Waals surface area contributed by atoms with E-state index in [1.165, 1.54) is 28.7 Å². The van der Waals surface area contributed by atoms with Crippen molar-refractivity contribution < 1.29 is 4.79 Å². The number of thioether (sulfide) groups is 2. The van der Waals surface area contributed by atoms with Gasteiger partial charge in [0.25, 0.3) is 0 Å². The van der Waals surface area contributed by atoms with Crippen molar-refractivity contribution in [2.75, 3.05) is 12.0 Å². The highest BCUT2D eigenvalue weighted by Gasteiger charge is 2.09. The molecule has 0 unspecified atom stereocenters. The number of ketones is 1. The molecule has 2 rings (SSSR count). The zero-order valence-corrected chi connectivity index (χ0v) is 13.9. The summed E-state index contributed by atoms with van der Waals surface area (Å²) < 4.78 is 1.79. The molecule has 0 fully saturated rings. The van der Waals surface area contributed by atoms with Gasteiger partial charge in [-0.2, -0.15) is 0 Å². The summed E-state index contributed by atoms with van der Waals surface area (Å²) in [6, 6.07) is 7.92. The second-order valence-electron chi connectivity index (χ2n) is 4.20. The van der Waals surface area contributed by atoms with Crippen molar-refractivity contribution in [3.63, 3.8) is 0 Å². The molecular formula is C14H16N2OS3. The fourth-order valence-corrected chi connectivity index (χ4v) is 4.03. The molecule has 0 saturated heterocycles. The van der Waals surface area contributed by atoms with E-state index in [1.54, 1.807) is 11.8 Å². The Bertz CT molecular complexity index is 566. The highest BCUT2D eigenvalue weighted by Crippen LogP contribution is 2.27. The molecule has 0 amide bonds. The van der Waals surface area contributed by atoms with E-state index in [9.17, 15) is 4.79 Å².